The largest absolute Gasteiger partial charge is 0.347 e. The van der Waals surface area contributed by atoms with Crippen molar-refractivity contribution >= 4 is 22.6 Å². The number of nitrogens with zero attached hydrogens (tertiary/aromatic N) is 5. The lowest BCUT2D eigenvalue weighted by Crippen LogP contribution is -2.37. The number of fused-ring (bicyclic) bond motifs is 2. The molecule has 0 amide bonds. The summed E-state index contributed by atoms with van der Waals surface area (Å²) in [5.74, 6) is -0.150. The quantitative estimate of drug-likeness (QED) is 0.627. The molecule has 0 bridgehead atoms. The number of ketones is 1. The summed E-state index contributed by atoms with van der Waals surface area (Å²) in [6.45, 7) is 4.15. The van der Waals surface area contributed by atoms with Gasteiger partial charge in [0.25, 0.3) is 5.56 Å². The molecule has 0 saturated heterocycles. The third-order valence-corrected chi connectivity index (χ3v) is 5.78. The highest BCUT2D eigenvalue weighted by Gasteiger charge is 2.38. The summed E-state index contributed by atoms with van der Waals surface area (Å²) in [5.41, 5.74) is 2.42. The van der Waals surface area contributed by atoms with Crippen molar-refractivity contribution in [3.05, 3.63) is 68.8 Å². The molecule has 1 aliphatic rings. The molecule has 3 aromatic rings. The molecular formula is C21H23N5O3. The maximum absolute atomic E-state index is 12.9. The van der Waals surface area contributed by atoms with E-state index in [1.54, 1.807) is 13.1 Å². The summed E-state index contributed by atoms with van der Waals surface area (Å²) < 4.78 is 3.83. The lowest BCUT2D eigenvalue weighted by Gasteiger charge is -2.24. The first-order valence-corrected chi connectivity index (χ1v) is 9.33. The molecule has 2 aromatic heterocycles. The van der Waals surface area contributed by atoms with Gasteiger partial charge in [0.05, 0.1) is 12.9 Å². The summed E-state index contributed by atoms with van der Waals surface area (Å²) in [6.07, 6.45) is 3.07. The van der Waals surface area contributed by atoms with Crippen LogP contribution >= 0.6 is 0 Å². The van der Waals surface area contributed by atoms with Crippen molar-refractivity contribution in [3.8, 4) is 0 Å². The van der Waals surface area contributed by atoms with Gasteiger partial charge in [-0.15, -0.1) is 0 Å². The molecule has 150 valence electrons. The summed E-state index contributed by atoms with van der Waals surface area (Å²) in [5, 5.41) is 0. The van der Waals surface area contributed by atoms with Crippen LogP contribution in [0.15, 0.2) is 52.0 Å². The van der Waals surface area contributed by atoms with Crippen LogP contribution in [0.2, 0.25) is 0 Å². The van der Waals surface area contributed by atoms with E-state index in [0.717, 1.165) is 16.0 Å². The van der Waals surface area contributed by atoms with Crippen LogP contribution in [0.25, 0.3) is 11.2 Å². The first-order valence-electron chi connectivity index (χ1n) is 9.33. The molecule has 0 fully saturated rings. The molecule has 1 aromatic carbocycles. The minimum atomic E-state index is -0.466. The van der Waals surface area contributed by atoms with Gasteiger partial charge in [0.1, 0.15) is 0 Å². The number of rotatable bonds is 3. The first-order chi connectivity index (χ1) is 13.6. The summed E-state index contributed by atoms with van der Waals surface area (Å²) in [6, 6.07) is 8.09. The van der Waals surface area contributed by atoms with Gasteiger partial charge in [-0.3, -0.25) is 18.7 Å². The van der Waals surface area contributed by atoms with Crippen LogP contribution in [0.5, 0.6) is 0 Å². The fourth-order valence-electron chi connectivity index (χ4n) is 4.14. The number of likely N-dealkylation sites (N-methyl/N-ethyl adjacent to an activating group) is 1. The Balaban J connectivity index is 1.74. The van der Waals surface area contributed by atoms with Gasteiger partial charge in [-0.2, -0.15) is 0 Å². The number of para-hydroxylation sites is 1. The fraction of sp³-hybridized carbons (Fsp3) is 0.333. The van der Waals surface area contributed by atoms with Crippen LogP contribution in [0, 0.1) is 0 Å². The Morgan fingerprint density at radius 3 is 2.48 bits per heavy atom. The molecule has 0 saturated carbocycles. The normalized spacial score (nSPS) is 16.6. The van der Waals surface area contributed by atoms with E-state index < -0.39 is 11.2 Å². The fourth-order valence-corrected chi connectivity index (χ4v) is 4.14. The number of benzene rings is 1. The number of anilines is 1. The van der Waals surface area contributed by atoms with Crippen LogP contribution in [0.4, 0.5) is 5.69 Å². The second-order valence-corrected chi connectivity index (χ2v) is 7.95. The summed E-state index contributed by atoms with van der Waals surface area (Å²) in [7, 11) is 4.92. The lowest BCUT2D eigenvalue weighted by molar-refractivity contribution is -0.115. The average Bonchev–Trinajstić information content (AvgIpc) is 3.18. The number of allylic oxidation sites excluding steroid dienone is 2. The van der Waals surface area contributed by atoms with E-state index in [0.29, 0.717) is 0 Å². The van der Waals surface area contributed by atoms with Crippen molar-refractivity contribution < 1.29 is 4.79 Å². The zero-order valence-electron chi connectivity index (χ0n) is 17.1. The molecule has 0 N–H and O–H groups in total. The molecule has 4 rings (SSSR count). The van der Waals surface area contributed by atoms with Gasteiger partial charge in [0.15, 0.2) is 16.9 Å². The van der Waals surface area contributed by atoms with E-state index in [9.17, 15) is 14.4 Å². The van der Waals surface area contributed by atoms with E-state index in [-0.39, 0.29) is 28.9 Å². The Morgan fingerprint density at radius 2 is 1.79 bits per heavy atom. The molecule has 0 aliphatic carbocycles. The first kappa shape index (κ1) is 18.9. The summed E-state index contributed by atoms with van der Waals surface area (Å²) in [4.78, 5) is 43.8. The van der Waals surface area contributed by atoms with E-state index in [1.165, 1.54) is 28.1 Å². The standard InChI is InChI=1S/C21H23N5O3/c1-21(2)14-8-6-7-9-15(14)23(3)16(21)10-13(27)11-26-12-22-18-17(26)19(28)25(5)20(29)24(18)4/h6-10,12H,11H2,1-5H3. The van der Waals surface area contributed by atoms with Gasteiger partial charge in [-0.05, 0) is 11.6 Å². The van der Waals surface area contributed by atoms with Crippen molar-refractivity contribution in [2.45, 2.75) is 25.8 Å². The van der Waals surface area contributed by atoms with Crippen molar-refractivity contribution in [2.24, 2.45) is 14.1 Å². The maximum atomic E-state index is 12.9. The van der Waals surface area contributed by atoms with Crippen LogP contribution < -0.4 is 16.1 Å². The molecule has 1 aliphatic heterocycles. The van der Waals surface area contributed by atoms with Crippen molar-refractivity contribution in [1.29, 1.82) is 0 Å². The Labute approximate surface area is 167 Å². The lowest BCUT2D eigenvalue weighted by atomic mass is 9.83. The molecule has 0 unspecified atom stereocenters. The third-order valence-electron chi connectivity index (χ3n) is 5.78. The second-order valence-electron chi connectivity index (χ2n) is 7.95. The van der Waals surface area contributed by atoms with Gasteiger partial charge >= 0.3 is 5.69 Å². The molecule has 29 heavy (non-hydrogen) atoms. The highest BCUT2D eigenvalue weighted by molar-refractivity contribution is 5.93. The minimum absolute atomic E-state index is 0.0340. The molecule has 8 nitrogen and oxygen atoms in total. The predicted molar refractivity (Wildman–Crippen MR) is 111 cm³/mol. The highest BCUT2D eigenvalue weighted by Crippen LogP contribution is 2.46. The van der Waals surface area contributed by atoms with Crippen LogP contribution in [0.3, 0.4) is 0 Å². The molecule has 0 radical (unpaired) electrons. The van der Waals surface area contributed by atoms with Gasteiger partial charge in [-0.1, -0.05) is 32.0 Å². The van der Waals surface area contributed by atoms with Crippen LogP contribution in [-0.4, -0.2) is 31.5 Å². The Hall–Kier alpha value is -3.42. The number of carbonyl (C=O) groups is 1. The predicted octanol–water partition coefficient (Wildman–Crippen LogP) is 1.31. The number of aromatic nitrogens is 4. The van der Waals surface area contributed by atoms with E-state index in [1.807, 2.05) is 30.1 Å². The molecule has 8 heteroatoms. The maximum Gasteiger partial charge on any atom is 0.332 e. The smallest absolute Gasteiger partial charge is 0.332 e. The van der Waals surface area contributed by atoms with Gasteiger partial charge < -0.3 is 9.47 Å². The third kappa shape index (κ3) is 2.66. The molecule has 0 atom stereocenters. The van der Waals surface area contributed by atoms with Crippen molar-refractivity contribution in [3.63, 3.8) is 0 Å². The Bertz CT molecular complexity index is 1310. The number of hydrogen-bond acceptors (Lipinski definition) is 5. The van der Waals surface area contributed by atoms with Crippen LogP contribution in [0.1, 0.15) is 19.4 Å². The monoisotopic (exact) mass is 393 g/mol. The van der Waals surface area contributed by atoms with Gasteiger partial charge in [0.2, 0.25) is 0 Å². The highest BCUT2D eigenvalue weighted by atomic mass is 16.2. The van der Waals surface area contributed by atoms with E-state index in [2.05, 4.69) is 24.9 Å². The number of carbonyl (C=O) groups excluding carboxylic acids is 1. The number of aryl methyl sites for hydroxylation is 1. The topological polar surface area (TPSA) is 82.1 Å². The van der Waals surface area contributed by atoms with Crippen molar-refractivity contribution in [1.82, 2.24) is 18.7 Å². The zero-order valence-corrected chi connectivity index (χ0v) is 17.1. The van der Waals surface area contributed by atoms with E-state index in [4.69, 9.17) is 0 Å². The molecule has 0 spiro atoms. The Kier molecular flexibility index (Phi) is 4.11. The average molecular weight is 393 g/mol. The van der Waals surface area contributed by atoms with Crippen molar-refractivity contribution in [2.75, 3.05) is 11.9 Å². The zero-order chi connectivity index (χ0) is 21.1. The van der Waals surface area contributed by atoms with Gasteiger partial charge in [0, 0.05) is 44.0 Å². The van der Waals surface area contributed by atoms with Crippen LogP contribution in [-0.2, 0) is 30.8 Å². The number of imidazole rings is 1. The molecule has 3 heterocycles. The Morgan fingerprint density at radius 1 is 1.10 bits per heavy atom. The van der Waals surface area contributed by atoms with E-state index >= 15 is 0 Å². The minimum Gasteiger partial charge on any atom is -0.347 e. The number of hydrogen-bond donors (Lipinski definition) is 0. The second kappa shape index (κ2) is 6.30. The van der Waals surface area contributed by atoms with Gasteiger partial charge in [-0.25, -0.2) is 9.78 Å². The molecular weight excluding hydrogens is 370 g/mol. The SMILES string of the molecule is CN1C(=CC(=O)Cn2cnc3c2c(=O)n(C)c(=O)n3C)C(C)(C)c2ccccc21. The summed E-state index contributed by atoms with van der Waals surface area (Å²) >= 11 is 0.